The second-order valence-electron chi connectivity index (χ2n) is 10.3. The van der Waals surface area contributed by atoms with Crippen LogP contribution in [0.15, 0.2) is 24.3 Å². The van der Waals surface area contributed by atoms with Crippen LogP contribution in [-0.2, 0) is 25.5 Å². The van der Waals surface area contributed by atoms with Crippen molar-refractivity contribution in [3.63, 3.8) is 0 Å². The Morgan fingerprint density at radius 2 is 1.97 bits per heavy atom. The molecule has 0 spiro atoms. The van der Waals surface area contributed by atoms with Gasteiger partial charge in [-0.1, -0.05) is 26.0 Å². The molecular weight excluding hydrogens is 413 g/mol. The highest BCUT2D eigenvalue weighted by Crippen LogP contribution is 2.62. The average Bonchev–Trinajstić information content (AvgIpc) is 2.76. The summed E-state index contributed by atoms with van der Waals surface area (Å²) < 4.78 is 30.6. The maximum atomic E-state index is 13.1. The zero-order valence-electron chi connectivity index (χ0n) is 19.3. The van der Waals surface area contributed by atoms with E-state index in [2.05, 4.69) is 19.2 Å². The highest BCUT2D eigenvalue weighted by molar-refractivity contribution is 5.76. The van der Waals surface area contributed by atoms with Gasteiger partial charge in [-0.3, -0.25) is 4.79 Å². The number of aliphatic hydroxyl groups is 1. The molecule has 7 atom stereocenters. The number of carbonyl (C=O) groups excluding carboxylic acids is 1. The molecule has 6 nitrogen and oxygen atoms in total. The number of carbonyl (C=O) groups is 1. The van der Waals surface area contributed by atoms with Gasteiger partial charge in [0.2, 0.25) is 5.91 Å². The predicted molar refractivity (Wildman–Crippen MR) is 117 cm³/mol. The monoisotopic (exact) mass is 449 g/mol. The number of hydrogen-bond acceptors (Lipinski definition) is 5. The molecule has 2 N–H and O–H groups in total. The van der Waals surface area contributed by atoms with Crippen molar-refractivity contribution in [2.75, 3.05) is 20.3 Å². The van der Waals surface area contributed by atoms with Gasteiger partial charge in [-0.25, -0.2) is 4.39 Å². The molecular formula is C25H36FNO5. The van der Waals surface area contributed by atoms with Gasteiger partial charge in [-0.15, -0.1) is 0 Å². The van der Waals surface area contributed by atoms with Crippen LogP contribution >= 0.6 is 0 Å². The van der Waals surface area contributed by atoms with Gasteiger partial charge in [0.05, 0.1) is 25.4 Å². The first-order valence-corrected chi connectivity index (χ1v) is 11.7. The number of aliphatic hydroxyl groups excluding tert-OH is 1. The van der Waals surface area contributed by atoms with E-state index in [0.29, 0.717) is 32.1 Å². The van der Waals surface area contributed by atoms with E-state index in [0.717, 1.165) is 24.8 Å². The first kappa shape index (κ1) is 23.6. The Morgan fingerprint density at radius 3 is 2.69 bits per heavy atom. The number of fused-ring (bicyclic) bond motifs is 3. The largest absolute Gasteiger partial charge is 0.393 e. The summed E-state index contributed by atoms with van der Waals surface area (Å²) in [6.07, 6.45) is 2.92. The van der Waals surface area contributed by atoms with Gasteiger partial charge in [0, 0.05) is 25.5 Å². The Bertz CT molecular complexity index is 804. The molecule has 2 saturated carbocycles. The molecule has 32 heavy (non-hydrogen) atoms. The molecule has 0 radical (unpaired) electrons. The number of halogens is 1. The zero-order chi connectivity index (χ0) is 22.9. The smallest absolute Gasteiger partial charge is 0.220 e. The Balaban J connectivity index is 1.44. The minimum atomic E-state index is -0.500. The number of methoxy groups -OCH3 is 1. The van der Waals surface area contributed by atoms with Crippen molar-refractivity contribution < 1.29 is 28.5 Å². The molecule has 1 amide bonds. The Morgan fingerprint density at radius 1 is 1.22 bits per heavy atom. The van der Waals surface area contributed by atoms with Crippen molar-refractivity contribution in [3.05, 3.63) is 35.6 Å². The van der Waals surface area contributed by atoms with E-state index in [9.17, 15) is 14.3 Å². The molecule has 1 aromatic carbocycles. The molecule has 3 fully saturated rings. The predicted octanol–water partition coefficient (Wildman–Crippen LogP) is 3.41. The number of rotatable bonds is 6. The summed E-state index contributed by atoms with van der Waals surface area (Å²) in [5, 5.41) is 13.9. The Kier molecular flexibility index (Phi) is 6.92. The first-order valence-electron chi connectivity index (χ1n) is 11.7. The molecule has 1 saturated heterocycles. The highest BCUT2D eigenvalue weighted by atomic mass is 19.1. The maximum Gasteiger partial charge on any atom is 0.220 e. The van der Waals surface area contributed by atoms with Crippen LogP contribution in [-0.4, -0.2) is 49.8 Å². The van der Waals surface area contributed by atoms with E-state index in [1.165, 1.54) is 12.1 Å². The Hall–Kier alpha value is -1.54. The summed E-state index contributed by atoms with van der Waals surface area (Å²) in [6, 6.07) is 6.13. The topological polar surface area (TPSA) is 77.0 Å². The fraction of sp³-hybridized carbons (Fsp3) is 0.720. The van der Waals surface area contributed by atoms with Crippen LogP contribution in [0, 0.1) is 28.5 Å². The second kappa shape index (κ2) is 9.37. The molecule has 7 heteroatoms. The lowest BCUT2D eigenvalue weighted by molar-refractivity contribution is -0.315. The van der Waals surface area contributed by atoms with E-state index in [4.69, 9.17) is 14.2 Å². The van der Waals surface area contributed by atoms with Crippen molar-refractivity contribution in [2.45, 2.75) is 71.0 Å². The number of benzene rings is 1. The van der Waals surface area contributed by atoms with Crippen LogP contribution in [0.3, 0.4) is 0 Å². The first-order chi connectivity index (χ1) is 15.3. The van der Waals surface area contributed by atoms with Crippen molar-refractivity contribution in [1.29, 1.82) is 0 Å². The van der Waals surface area contributed by atoms with Crippen LogP contribution in [0.4, 0.5) is 4.39 Å². The fourth-order valence-electron chi connectivity index (χ4n) is 6.58. The lowest BCUT2D eigenvalue weighted by atomic mass is 9.46. The van der Waals surface area contributed by atoms with Crippen molar-refractivity contribution in [3.8, 4) is 0 Å². The van der Waals surface area contributed by atoms with Gasteiger partial charge >= 0.3 is 0 Å². The third-order valence-corrected chi connectivity index (χ3v) is 8.34. The molecule has 1 aliphatic heterocycles. The van der Waals surface area contributed by atoms with Crippen LogP contribution in [0.25, 0.3) is 0 Å². The molecule has 0 aromatic heterocycles. The molecule has 2 aliphatic carbocycles. The summed E-state index contributed by atoms with van der Waals surface area (Å²) in [5.41, 5.74) is 0.528. The molecule has 0 unspecified atom stereocenters. The summed E-state index contributed by atoms with van der Waals surface area (Å²) in [7, 11) is 1.65. The summed E-state index contributed by atoms with van der Waals surface area (Å²) in [6.45, 7) is 5.85. The van der Waals surface area contributed by atoms with Crippen LogP contribution in [0.2, 0.25) is 0 Å². The van der Waals surface area contributed by atoms with Gasteiger partial charge in [0.1, 0.15) is 5.82 Å². The number of nitrogens with one attached hydrogen (secondary N) is 1. The average molecular weight is 450 g/mol. The van der Waals surface area contributed by atoms with Gasteiger partial charge in [0.25, 0.3) is 0 Å². The van der Waals surface area contributed by atoms with Gasteiger partial charge in [-0.2, -0.15) is 0 Å². The minimum absolute atomic E-state index is 0.0798. The quantitative estimate of drug-likeness (QED) is 0.696. The third-order valence-electron chi connectivity index (χ3n) is 8.34. The van der Waals surface area contributed by atoms with Crippen LogP contribution in [0.1, 0.15) is 51.5 Å². The highest BCUT2D eigenvalue weighted by Gasteiger charge is 2.61. The Labute approximate surface area is 189 Å². The SMILES string of the molecule is COC[C@@H]1OC[C@@]2(C)[C@@H]3CC[C@@H](O)[C@@H](CC(=O)NCc4ccc(F)cc4)[C@]3(C)CC[C@H]2O1. The number of amides is 1. The standard InChI is InChI=1S/C25H36FNO5/c1-24-11-10-21-25(2,15-31-23(32-21)14-30-3)20(24)9-8-19(28)18(24)12-22(29)27-13-16-4-6-17(26)7-5-16/h4-7,18-21,23,28H,8-15H2,1-3H3,(H,27,29)/t18-,19-,20-,21-,23-,24+,25+/m1/s1. The second-order valence-corrected chi connectivity index (χ2v) is 10.3. The van der Waals surface area contributed by atoms with Crippen LogP contribution < -0.4 is 5.32 Å². The zero-order valence-corrected chi connectivity index (χ0v) is 19.3. The third kappa shape index (κ3) is 4.45. The van der Waals surface area contributed by atoms with Crippen molar-refractivity contribution in [1.82, 2.24) is 5.32 Å². The normalized spacial score (nSPS) is 39.1. The molecule has 0 bridgehead atoms. The molecule has 4 rings (SSSR count). The molecule has 178 valence electrons. The lowest BCUT2D eigenvalue weighted by Gasteiger charge is -2.62. The van der Waals surface area contributed by atoms with E-state index < -0.39 is 6.10 Å². The lowest BCUT2D eigenvalue weighted by Crippen LogP contribution is -2.63. The van der Waals surface area contributed by atoms with Gasteiger partial charge < -0.3 is 24.6 Å². The maximum absolute atomic E-state index is 13.1. The van der Waals surface area contributed by atoms with E-state index >= 15 is 0 Å². The minimum Gasteiger partial charge on any atom is -0.393 e. The van der Waals surface area contributed by atoms with Gasteiger partial charge in [-0.05, 0) is 60.6 Å². The molecule has 1 aromatic rings. The summed E-state index contributed by atoms with van der Waals surface area (Å²) in [4.78, 5) is 12.8. The van der Waals surface area contributed by atoms with Crippen molar-refractivity contribution in [2.24, 2.45) is 22.7 Å². The summed E-state index contributed by atoms with van der Waals surface area (Å²) in [5.74, 6) is -0.194. The van der Waals surface area contributed by atoms with Crippen molar-refractivity contribution >= 4 is 5.91 Å². The van der Waals surface area contributed by atoms with E-state index in [1.54, 1.807) is 19.2 Å². The van der Waals surface area contributed by atoms with Crippen LogP contribution in [0.5, 0.6) is 0 Å². The fourth-order valence-corrected chi connectivity index (χ4v) is 6.58. The summed E-state index contributed by atoms with van der Waals surface area (Å²) >= 11 is 0. The molecule has 3 aliphatic rings. The molecule has 1 heterocycles. The number of hydrogen-bond donors (Lipinski definition) is 2. The van der Waals surface area contributed by atoms with E-state index in [1.807, 2.05) is 0 Å². The van der Waals surface area contributed by atoms with Gasteiger partial charge in [0.15, 0.2) is 6.29 Å². The van der Waals surface area contributed by atoms with E-state index in [-0.39, 0.29) is 47.3 Å². The number of ether oxygens (including phenoxy) is 3.